The molecule has 0 saturated heterocycles. The lowest BCUT2D eigenvalue weighted by atomic mass is 10.1. The van der Waals surface area contributed by atoms with Crippen molar-refractivity contribution in [2.45, 2.75) is 12.8 Å². The molecular weight excluding hydrogens is 348 g/mol. The molecule has 140 valence electrons. The van der Waals surface area contributed by atoms with Crippen LogP contribution in [0.15, 0.2) is 18.2 Å². The maximum atomic E-state index is 12.2. The summed E-state index contributed by atoms with van der Waals surface area (Å²) in [5.41, 5.74) is 0.535. The van der Waals surface area contributed by atoms with Crippen molar-refractivity contribution in [3.8, 4) is 11.5 Å². The lowest BCUT2D eigenvalue weighted by Crippen LogP contribution is -2.33. The number of ketones is 1. The summed E-state index contributed by atoms with van der Waals surface area (Å²) in [4.78, 5) is 23.9. The van der Waals surface area contributed by atoms with Crippen molar-refractivity contribution in [1.82, 2.24) is 10.6 Å². The van der Waals surface area contributed by atoms with Gasteiger partial charge in [-0.2, -0.15) is 0 Å². The van der Waals surface area contributed by atoms with Crippen LogP contribution in [0.3, 0.4) is 0 Å². The maximum absolute atomic E-state index is 12.2. The predicted octanol–water partition coefficient (Wildman–Crippen LogP) is 1.19. The van der Waals surface area contributed by atoms with Gasteiger partial charge < -0.3 is 24.8 Å². The summed E-state index contributed by atoms with van der Waals surface area (Å²) in [6, 6.07) is 5.11. The topological polar surface area (TPSA) is 85.9 Å². The summed E-state index contributed by atoms with van der Waals surface area (Å²) in [7, 11) is 1.64. The van der Waals surface area contributed by atoms with Gasteiger partial charge in [-0.1, -0.05) is 0 Å². The second-order valence-electron chi connectivity index (χ2n) is 5.37. The van der Waals surface area contributed by atoms with Crippen LogP contribution in [0.1, 0.15) is 23.2 Å². The van der Waals surface area contributed by atoms with Crippen LogP contribution in [-0.2, 0) is 9.53 Å². The van der Waals surface area contributed by atoms with Crippen molar-refractivity contribution >= 4 is 24.1 Å². The number of rotatable bonds is 10. The SMILES string of the molecule is COCCNCCNC(=O)CCC(=O)c1ccc2c(c1)OCCO2.Cl. The molecule has 1 aliphatic rings. The zero-order valence-corrected chi connectivity index (χ0v) is 15.2. The lowest BCUT2D eigenvalue weighted by molar-refractivity contribution is -0.121. The van der Waals surface area contributed by atoms with E-state index in [1.165, 1.54) is 0 Å². The molecule has 0 radical (unpaired) electrons. The largest absolute Gasteiger partial charge is 0.486 e. The highest BCUT2D eigenvalue weighted by Crippen LogP contribution is 2.31. The molecule has 1 aromatic rings. The molecule has 1 amide bonds. The second-order valence-corrected chi connectivity index (χ2v) is 5.37. The van der Waals surface area contributed by atoms with Crippen molar-refractivity contribution in [2.75, 3.05) is 46.6 Å². The van der Waals surface area contributed by atoms with Crippen LogP contribution in [0, 0.1) is 0 Å². The van der Waals surface area contributed by atoms with Gasteiger partial charge in [-0.25, -0.2) is 0 Å². The monoisotopic (exact) mass is 372 g/mol. The van der Waals surface area contributed by atoms with Crippen molar-refractivity contribution in [2.24, 2.45) is 0 Å². The number of hydrogen-bond donors (Lipinski definition) is 2. The molecule has 0 saturated carbocycles. The minimum absolute atomic E-state index is 0. The van der Waals surface area contributed by atoms with Crippen molar-refractivity contribution in [1.29, 1.82) is 0 Å². The van der Waals surface area contributed by atoms with E-state index in [9.17, 15) is 9.59 Å². The van der Waals surface area contributed by atoms with Gasteiger partial charge in [0.2, 0.25) is 5.91 Å². The van der Waals surface area contributed by atoms with E-state index in [0.29, 0.717) is 50.0 Å². The van der Waals surface area contributed by atoms with E-state index in [1.807, 2.05) is 0 Å². The molecule has 0 aromatic heterocycles. The Morgan fingerprint density at radius 2 is 1.84 bits per heavy atom. The van der Waals surface area contributed by atoms with E-state index in [4.69, 9.17) is 14.2 Å². The number of benzene rings is 1. The first kappa shape index (κ1) is 21.2. The molecule has 0 spiro atoms. The average molecular weight is 373 g/mol. The maximum Gasteiger partial charge on any atom is 0.220 e. The van der Waals surface area contributed by atoms with Gasteiger partial charge in [-0.05, 0) is 18.2 Å². The highest BCUT2D eigenvalue weighted by atomic mass is 35.5. The Morgan fingerprint density at radius 1 is 1.08 bits per heavy atom. The summed E-state index contributed by atoms with van der Waals surface area (Å²) in [6.07, 6.45) is 0.341. The summed E-state index contributed by atoms with van der Waals surface area (Å²) < 4.78 is 15.8. The Kier molecular flexibility index (Phi) is 9.91. The molecule has 1 aromatic carbocycles. The van der Waals surface area contributed by atoms with Crippen LogP contribution >= 0.6 is 12.4 Å². The summed E-state index contributed by atoms with van der Waals surface area (Å²) in [5.74, 6) is 1.02. The standard InChI is InChI=1S/C17H24N2O5.ClH/c1-22-9-8-18-6-7-19-17(21)5-3-14(20)13-2-4-15-16(12-13)24-11-10-23-15;/h2,4,12,18H,3,5-11H2,1H3,(H,19,21);1H. The van der Waals surface area contributed by atoms with E-state index in [2.05, 4.69) is 10.6 Å². The first-order valence-corrected chi connectivity index (χ1v) is 8.10. The molecule has 7 nitrogen and oxygen atoms in total. The van der Waals surface area contributed by atoms with Crippen LogP contribution in [0.5, 0.6) is 11.5 Å². The van der Waals surface area contributed by atoms with Gasteiger partial charge in [0.25, 0.3) is 0 Å². The molecule has 2 N–H and O–H groups in total. The minimum atomic E-state index is -0.130. The quantitative estimate of drug-likeness (QED) is 0.474. The molecule has 0 unspecified atom stereocenters. The third kappa shape index (κ3) is 7.29. The number of carbonyl (C=O) groups excluding carboxylic acids is 2. The third-order valence-corrected chi connectivity index (χ3v) is 3.55. The van der Waals surface area contributed by atoms with E-state index in [1.54, 1.807) is 25.3 Å². The predicted molar refractivity (Wildman–Crippen MR) is 96.0 cm³/mol. The Bertz CT molecular complexity index is 568. The van der Waals surface area contributed by atoms with Crippen LogP contribution in [0.25, 0.3) is 0 Å². The van der Waals surface area contributed by atoms with E-state index >= 15 is 0 Å². The fourth-order valence-corrected chi connectivity index (χ4v) is 2.27. The first-order chi connectivity index (χ1) is 11.7. The number of hydrogen-bond acceptors (Lipinski definition) is 6. The second kappa shape index (κ2) is 11.7. The number of ether oxygens (including phenoxy) is 3. The van der Waals surface area contributed by atoms with Crippen LogP contribution in [-0.4, -0.2) is 58.3 Å². The molecule has 8 heteroatoms. The van der Waals surface area contributed by atoms with Crippen molar-refractivity contribution in [3.63, 3.8) is 0 Å². The van der Waals surface area contributed by atoms with E-state index in [-0.39, 0.29) is 36.9 Å². The van der Waals surface area contributed by atoms with Gasteiger partial charge in [0.15, 0.2) is 17.3 Å². The van der Waals surface area contributed by atoms with Gasteiger partial charge in [0.1, 0.15) is 13.2 Å². The highest BCUT2D eigenvalue weighted by molar-refractivity contribution is 5.98. The zero-order chi connectivity index (χ0) is 17.2. The third-order valence-electron chi connectivity index (χ3n) is 3.55. The molecule has 1 heterocycles. The number of nitrogens with one attached hydrogen (secondary N) is 2. The molecule has 0 aliphatic carbocycles. The number of carbonyl (C=O) groups is 2. The van der Waals surface area contributed by atoms with Gasteiger partial charge in [0, 0.05) is 45.1 Å². The fourth-order valence-electron chi connectivity index (χ4n) is 2.27. The number of halogens is 1. The van der Waals surface area contributed by atoms with Crippen LogP contribution in [0.4, 0.5) is 0 Å². The number of methoxy groups -OCH3 is 1. The number of amides is 1. The van der Waals surface area contributed by atoms with E-state index < -0.39 is 0 Å². The number of fused-ring (bicyclic) bond motifs is 1. The summed E-state index contributed by atoms with van der Waals surface area (Å²) in [6.45, 7) is 3.57. The normalized spacial score (nSPS) is 12.2. The van der Waals surface area contributed by atoms with Gasteiger partial charge >= 0.3 is 0 Å². The van der Waals surface area contributed by atoms with Crippen molar-refractivity contribution in [3.05, 3.63) is 23.8 Å². The summed E-state index contributed by atoms with van der Waals surface area (Å²) in [5, 5.41) is 5.91. The molecule has 2 rings (SSSR count). The zero-order valence-electron chi connectivity index (χ0n) is 14.3. The minimum Gasteiger partial charge on any atom is -0.486 e. The Labute approximate surface area is 153 Å². The van der Waals surface area contributed by atoms with Gasteiger partial charge in [0.05, 0.1) is 6.61 Å². The Balaban J connectivity index is 0.00000312. The Hall–Kier alpha value is -1.83. The molecule has 0 bridgehead atoms. The highest BCUT2D eigenvalue weighted by Gasteiger charge is 2.15. The van der Waals surface area contributed by atoms with Gasteiger partial charge in [-0.15, -0.1) is 12.4 Å². The van der Waals surface area contributed by atoms with Crippen molar-refractivity contribution < 1.29 is 23.8 Å². The molecule has 0 atom stereocenters. The fraction of sp³-hybridized carbons (Fsp3) is 0.529. The van der Waals surface area contributed by atoms with Gasteiger partial charge in [-0.3, -0.25) is 9.59 Å². The smallest absolute Gasteiger partial charge is 0.220 e. The molecule has 25 heavy (non-hydrogen) atoms. The number of Topliss-reactive ketones (excluding diaryl/α,β-unsaturated/α-hetero) is 1. The molecule has 0 fully saturated rings. The summed E-state index contributed by atoms with van der Waals surface area (Å²) >= 11 is 0. The average Bonchev–Trinajstić information content (AvgIpc) is 2.62. The van der Waals surface area contributed by atoms with Crippen LogP contribution < -0.4 is 20.1 Å². The van der Waals surface area contributed by atoms with Crippen LogP contribution in [0.2, 0.25) is 0 Å². The molecular formula is C17H25ClN2O5. The first-order valence-electron chi connectivity index (χ1n) is 8.10. The Morgan fingerprint density at radius 3 is 2.60 bits per heavy atom. The molecule has 1 aliphatic heterocycles. The lowest BCUT2D eigenvalue weighted by Gasteiger charge is -2.18. The van der Waals surface area contributed by atoms with E-state index in [0.717, 1.165) is 6.54 Å².